The molecule has 0 aliphatic heterocycles. The fourth-order valence-corrected chi connectivity index (χ4v) is 2.49. The van der Waals surface area contributed by atoms with Crippen molar-refractivity contribution in [1.82, 2.24) is 0 Å². The number of allylic oxidation sites excluding steroid dienone is 1. The minimum absolute atomic E-state index is 0.430. The van der Waals surface area contributed by atoms with Gasteiger partial charge in [0.2, 0.25) is 0 Å². The molecule has 0 unspecified atom stereocenters. The number of carboxylic acids is 1. The van der Waals surface area contributed by atoms with Crippen molar-refractivity contribution in [3.05, 3.63) is 46.0 Å². The Kier molecular flexibility index (Phi) is 3.67. The van der Waals surface area contributed by atoms with Gasteiger partial charge in [-0.25, -0.2) is 4.79 Å². The first-order valence-electron chi connectivity index (χ1n) is 5.73. The van der Waals surface area contributed by atoms with E-state index in [4.69, 9.17) is 5.11 Å². The van der Waals surface area contributed by atoms with Crippen LogP contribution in [0.25, 0.3) is 0 Å². The largest absolute Gasteiger partial charge is 0.478 e. The van der Waals surface area contributed by atoms with Crippen molar-refractivity contribution in [2.75, 3.05) is 0 Å². The van der Waals surface area contributed by atoms with Crippen LogP contribution in [0.15, 0.2) is 40.4 Å². The normalized spacial score (nSPS) is 24.2. The number of rotatable bonds is 3. The molecule has 3 heteroatoms. The Morgan fingerprint density at radius 3 is 2.47 bits per heavy atom. The van der Waals surface area contributed by atoms with E-state index in [1.165, 1.54) is 5.56 Å². The van der Waals surface area contributed by atoms with Gasteiger partial charge < -0.3 is 5.11 Å². The number of hydrogen-bond donors (Lipinski definition) is 1. The summed E-state index contributed by atoms with van der Waals surface area (Å²) in [5, 5.41) is 8.79. The topological polar surface area (TPSA) is 37.3 Å². The predicted molar refractivity (Wildman–Crippen MR) is 71.0 cm³/mol. The molecule has 1 N–H and O–H groups in total. The van der Waals surface area contributed by atoms with Crippen LogP contribution in [0.1, 0.15) is 31.2 Å². The highest BCUT2D eigenvalue weighted by Crippen LogP contribution is 2.42. The lowest BCUT2D eigenvalue weighted by Crippen LogP contribution is -2.20. The minimum atomic E-state index is -0.808. The third-order valence-electron chi connectivity index (χ3n) is 3.34. The van der Waals surface area contributed by atoms with Crippen molar-refractivity contribution in [2.45, 2.75) is 25.7 Å². The van der Waals surface area contributed by atoms with E-state index < -0.39 is 5.97 Å². The molecule has 0 amide bonds. The lowest BCUT2D eigenvalue weighted by molar-refractivity contribution is -0.132. The summed E-state index contributed by atoms with van der Waals surface area (Å²) in [6, 6.07) is 8.39. The predicted octanol–water partition coefficient (Wildman–Crippen LogP) is 3.97. The standard InChI is InChI=1S/C14H15BrO2/c1-9(14(16)17)6-10-7-12(8-10)11-2-4-13(15)5-3-11/h2-6,10,12H,7-8H2,1H3,(H,16,17). The number of carboxylic acid groups (broad SMARTS) is 1. The average molecular weight is 295 g/mol. The molecule has 1 aromatic carbocycles. The van der Waals surface area contributed by atoms with E-state index in [0.717, 1.165) is 17.3 Å². The fraction of sp³-hybridized carbons (Fsp3) is 0.357. The molecule has 1 saturated carbocycles. The van der Waals surface area contributed by atoms with Crippen molar-refractivity contribution in [2.24, 2.45) is 5.92 Å². The van der Waals surface area contributed by atoms with Crippen LogP contribution >= 0.6 is 15.9 Å². The monoisotopic (exact) mass is 294 g/mol. The molecular formula is C14H15BrO2. The van der Waals surface area contributed by atoms with Crippen LogP contribution in [0, 0.1) is 5.92 Å². The van der Waals surface area contributed by atoms with Gasteiger partial charge in [-0.2, -0.15) is 0 Å². The Bertz CT molecular complexity index is 442. The Morgan fingerprint density at radius 2 is 1.94 bits per heavy atom. The molecule has 1 fully saturated rings. The van der Waals surface area contributed by atoms with Gasteiger partial charge in [-0.05, 0) is 49.3 Å². The van der Waals surface area contributed by atoms with Crippen LogP contribution in [0.4, 0.5) is 0 Å². The highest BCUT2D eigenvalue weighted by Gasteiger charge is 2.29. The Balaban J connectivity index is 1.93. The molecule has 1 aliphatic carbocycles. The molecule has 0 atom stereocenters. The molecule has 0 heterocycles. The number of halogens is 1. The summed E-state index contributed by atoms with van der Waals surface area (Å²) in [6.07, 6.45) is 4.01. The van der Waals surface area contributed by atoms with Crippen LogP contribution in [0.5, 0.6) is 0 Å². The van der Waals surface area contributed by atoms with E-state index in [9.17, 15) is 4.79 Å². The molecule has 17 heavy (non-hydrogen) atoms. The zero-order valence-electron chi connectivity index (χ0n) is 9.69. The minimum Gasteiger partial charge on any atom is -0.478 e. The third kappa shape index (κ3) is 2.97. The highest BCUT2D eigenvalue weighted by molar-refractivity contribution is 9.10. The van der Waals surface area contributed by atoms with Gasteiger partial charge in [-0.15, -0.1) is 0 Å². The third-order valence-corrected chi connectivity index (χ3v) is 3.87. The Morgan fingerprint density at radius 1 is 1.35 bits per heavy atom. The first-order chi connectivity index (χ1) is 8.06. The first-order valence-corrected chi connectivity index (χ1v) is 6.52. The van der Waals surface area contributed by atoms with Gasteiger partial charge in [0.1, 0.15) is 0 Å². The maximum Gasteiger partial charge on any atom is 0.330 e. The zero-order valence-corrected chi connectivity index (χ0v) is 11.3. The maximum atomic E-state index is 10.7. The quantitative estimate of drug-likeness (QED) is 0.857. The summed E-state index contributed by atoms with van der Waals surface area (Å²) in [4.78, 5) is 10.7. The van der Waals surface area contributed by atoms with Crippen molar-refractivity contribution < 1.29 is 9.90 Å². The summed E-state index contributed by atoms with van der Waals surface area (Å²) in [6.45, 7) is 1.66. The maximum absolute atomic E-state index is 10.7. The number of hydrogen-bond acceptors (Lipinski definition) is 1. The summed E-state index contributed by atoms with van der Waals surface area (Å²) in [5.74, 6) is 0.211. The van der Waals surface area contributed by atoms with E-state index in [1.54, 1.807) is 6.92 Å². The van der Waals surface area contributed by atoms with Crippen molar-refractivity contribution in [1.29, 1.82) is 0 Å². The first kappa shape index (κ1) is 12.4. The van der Waals surface area contributed by atoms with Gasteiger partial charge >= 0.3 is 5.97 Å². The molecule has 0 aromatic heterocycles. The lowest BCUT2D eigenvalue weighted by atomic mass is 9.71. The van der Waals surface area contributed by atoms with Crippen LogP contribution in [0.2, 0.25) is 0 Å². The second-order valence-corrected chi connectivity index (χ2v) is 5.55. The van der Waals surface area contributed by atoms with Gasteiger partial charge in [0, 0.05) is 10.0 Å². The summed E-state index contributed by atoms with van der Waals surface area (Å²) in [5.41, 5.74) is 1.81. The molecule has 1 aliphatic rings. The van der Waals surface area contributed by atoms with E-state index >= 15 is 0 Å². The molecule has 2 rings (SSSR count). The van der Waals surface area contributed by atoms with Crippen molar-refractivity contribution >= 4 is 21.9 Å². The lowest BCUT2D eigenvalue weighted by Gasteiger charge is -2.34. The van der Waals surface area contributed by atoms with Crippen LogP contribution < -0.4 is 0 Å². The van der Waals surface area contributed by atoms with Gasteiger partial charge in [0.15, 0.2) is 0 Å². The van der Waals surface area contributed by atoms with Gasteiger partial charge in [0.25, 0.3) is 0 Å². The smallest absolute Gasteiger partial charge is 0.330 e. The van der Waals surface area contributed by atoms with Gasteiger partial charge in [-0.1, -0.05) is 34.1 Å². The van der Waals surface area contributed by atoms with Gasteiger partial charge in [0.05, 0.1) is 0 Å². The molecule has 0 radical (unpaired) electrons. The van der Waals surface area contributed by atoms with Crippen LogP contribution in [-0.4, -0.2) is 11.1 Å². The highest BCUT2D eigenvalue weighted by atomic mass is 79.9. The van der Waals surface area contributed by atoms with E-state index in [2.05, 4.69) is 40.2 Å². The summed E-state index contributed by atoms with van der Waals surface area (Å²) >= 11 is 3.42. The number of carbonyl (C=O) groups is 1. The average Bonchev–Trinajstić information content (AvgIpc) is 2.24. The van der Waals surface area contributed by atoms with Crippen LogP contribution in [-0.2, 0) is 4.79 Å². The molecule has 1 aromatic rings. The van der Waals surface area contributed by atoms with E-state index in [0.29, 0.717) is 17.4 Å². The second kappa shape index (κ2) is 5.05. The van der Waals surface area contributed by atoms with E-state index in [1.807, 2.05) is 6.08 Å². The molecule has 0 saturated heterocycles. The van der Waals surface area contributed by atoms with Gasteiger partial charge in [-0.3, -0.25) is 0 Å². The summed E-state index contributed by atoms with van der Waals surface area (Å²) < 4.78 is 1.10. The molecule has 90 valence electrons. The van der Waals surface area contributed by atoms with E-state index in [-0.39, 0.29) is 0 Å². The summed E-state index contributed by atoms with van der Waals surface area (Å²) in [7, 11) is 0. The fourth-order valence-electron chi connectivity index (χ4n) is 2.23. The number of benzene rings is 1. The zero-order chi connectivity index (χ0) is 12.4. The molecule has 2 nitrogen and oxygen atoms in total. The second-order valence-electron chi connectivity index (χ2n) is 4.63. The van der Waals surface area contributed by atoms with Crippen molar-refractivity contribution in [3.8, 4) is 0 Å². The SMILES string of the molecule is CC(=CC1CC(c2ccc(Br)cc2)C1)C(=O)O. The molecule has 0 spiro atoms. The Hall–Kier alpha value is -1.09. The van der Waals surface area contributed by atoms with Crippen LogP contribution in [0.3, 0.4) is 0 Å². The van der Waals surface area contributed by atoms with Crippen molar-refractivity contribution in [3.63, 3.8) is 0 Å². The Labute approximate surface area is 109 Å². The number of aliphatic carboxylic acids is 1. The molecular weight excluding hydrogens is 280 g/mol. The molecule has 0 bridgehead atoms.